The van der Waals surface area contributed by atoms with Gasteiger partial charge in [-0.25, -0.2) is 0 Å². The van der Waals surface area contributed by atoms with Crippen LogP contribution in [0.25, 0.3) is 0 Å². The predicted molar refractivity (Wildman–Crippen MR) is 82.8 cm³/mol. The molecule has 2 aliphatic heterocycles. The molecule has 0 bridgehead atoms. The monoisotopic (exact) mass is 358 g/mol. The molecule has 3 rings (SSSR count). The molecule has 0 aromatic carbocycles. The van der Waals surface area contributed by atoms with Crippen molar-refractivity contribution in [1.82, 2.24) is 9.80 Å². The molecule has 1 aromatic heterocycles. The first-order chi connectivity index (χ1) is 9.61. The lowest BCUT2D eigenvalue weighted by Crippen LogP contribution is -2.51. The van der Waals surface area contributed by atoms with E-state index in [1.54, 1.807) is 11.3 Å². The van der Waals surface area contributed by atoms with Crippen LogP contribution >= 0.6 is 27.3 Å². The van der Waals surface area contributed by atoms with Crippen LogP contribution < -0.4 is 0 Å². The fourth-order valence-corrected chi connectivity index (χ4v) is 4.45. The molecule has 2 atom stereocenters. The Bertz CT molecular complexity index is 485. The number of nitrogens with zero attached hydrogens (tertiary/aromatic N) is 2. The van der Waals surface area contributed by atoms with Gasteiger partial charge in [0.25, 0.3) is 0 Å². The third kappa shape index (κ3) is 3.24. The van der Waals surface area contributed by atoms with Crippen molar-refractivity contribution < 1.29 is 9.53 Å². The van der Waals surface area contributed by atoms with Gasteiger partial charge in [0.1, 0.15) is 12.1 Å². The molecule has 0 aliphatic carbocycles. The number of esters is 1. The summed E-state index contributed by atoms with van der Waals surface area (Å²) in [6.07, 6.45) is 0.922. The van der Waals surface area contributed by atoms with E-state index in [-0.39, 0.29) is 18.1 Å². The van der Waals surface area contributed by atoms with E-state index in [4.69, 9.17) is 4.74 Å². The summed E-state index contributed by atoms with van der Waals surface area (Å²) < 4.78 is 6.44. The number of rotatable bonds is 3. The Balaban J connectivity index is 1.51. The maximum atomic E-state index is 11.8. The fraction of sp³-hybridized carbons (Fsp3) is 0.643. The molecule has 3 heterocycles. The van der Waals surface area contributed by atoms with Crippen LogP contribution in [0.15, 0.2) is 15.9 Å². The van der Waals surface area contributed by atoms with Crippen molar-refractivity contribution in [3.8, 4) is 0 Å². The zero-order valence-electron chi connectivity index (χ0n) is 11.5. The second kappa shape index (κ2) is 6.13. The second-order valence-electron chi connectivity index (χ2n) is 5.52. The molecular formula is C14H19BrN2O2S. The van der Waals surface area contributed by atoms with Crippen LogP contribution in [0.4, 0.5) is 0 Å². The van der Waals surface area contributed by atoms with Gasteiger partial charge in [-0.3, -0.25) is 14.6 Å². The van der Waals surface area contributed by atoms with Gasteiger partial charge in [-0.2, -0.15) is 0 Å². The number of thiophene rings is 1. The number of hydrogen-bond acceptors (Lipinski definition) is 5. The number of cyclic esters (lactones) is 1. The average Bonchev–Trinajstić information content (AvgIpc) is 2.96. The van der Waals surface area contributed by atoms with E-state index in [0.29, 0.717) is 0 Å². The van der Waals surface area contributed by atoms with Crippen LogP contribution in [0.2, 0.25) is 0 Å². The number of hydrogen-bond donors (Lipinski definition) is 0. The molecule has 0 N–H and O–H groups in total. The summed E-state index contributed by atoms with van der Waals surface area (Å²) >= 11 is 5.30. The van der Waals surface area contributed by atoms with Crippen molar-refractivity contribution in [3.05, 3.63) is 20.8 Å². The van der Waals surface area contributed by atoms with Gasteiger partial charge in [0.2, 0.25) is 0 Å². The molecule has 0 spiro atoms. The third-order valence-electron chi connectivity index (χ3n) is 4.00. The molecule has 4 nitrogen and oxygen atoms in total. The zero-order chi connectivity index (χ0) is 14.1. The topological polar surface area (TPSA) is 32.8 Å². The Morgan fingerprint density at radius 3 is 2.65 bits per heavy atom. The van der Waals surface area contributed by atoms with E-state index in [1.807, 2.05) is 6.92 Å². The molecule has 0 saturated carbocycles. The molecule has 20 heavy (non-hydrogen) atoms. The van der Waals surface area contributed by atoms with Gasteiger partial charge < -0.3 is 4.74 Å². The lowest BCUT2D eigenvalue weighted by molar-refractivity contribution is -0.145. The van der Waals surface area contributed by atoms with E-state index in [2.05, 4.69) is 37.9 Å². The highest BCUT2D eigenvalue weighted by Gasteiger charge is 2.37. The Hall–Kier alpha value is -0.430. The van der Waals surface area contributed by atoms with Crippen LogP contribution in [-0.4, -0.2) is 54.1 Å². The molecular weight excluding hydrogens is 340 g/mol. The van der Waals surface area contributed by atoms with Crippen LogP contribution in [0.5, 0.6) is 0 Å². The Morgan fingerprint density at radius 1 is 1.35 bits per heavy atom. The molecule has 2 saturated heterocycles. The van der Waals surface area contributed by atoms with Crippen molar-refractivity contribution in [1.29, 1.82) is 0 Å². The first-order valence-corrected chi connectivity index (χ1v) is 8.64. The van der Waals surface area contributed by atoms with E-state index in [1.165, 1.54) is 8.66 Å². The number of ether oxygens (including phenoxy) is 1. The van der Waals surface area contributed by atoms with Gasteiger partial charge in [-0.15, -0.1) is 11.3 Å². The smallest absolute Gasteiger partial charge is 0.323 e. The van der Waals surface area contributed by atoms with Crippen molar-refractivity contribution in [3.63, 3.8) is 0 Å². The van der Waals surface area contributed by atoms with Gasteiger partial charge in [0.15, 0.2) is 0 Å². The molecule has 2 fully saturated rings. The van der Waals surface area contributed by atoms with Gasteiger partial charge in [-0.05, 0) is 35.0 Å². The summed E-state index contributed by atoms with van der Waals surface area (Å²) in [5, 5.41) is 0. The summed E-state index contributed by atoms with van der Waals surface area (Å²) in [7, 11) is 0. The van der Waals surface area contributed by atoms with E-state index >= 15 is 0 Å². The quantitative estimate of drug-likeness (QED) is 0.776. The highest BCUT2D eigenvalue weighted by atomic mass is 79.9. The third-order valence-corrected chi connectivity index (χ3v) is 5.61. The standard InChI is InChI=1S/C14H19BrN2O2S/c1-10-8-12(14(18)19-10)17-6-4-16(5-7-17)9-11-2-3-13(15)20-11/h2-3,10,12H,4-9H2,1H3/t10-,12+/m0/s1. The minimum atomic E-state index is -0.0341. The molecule has 110 valence electrons. The number of piperazine rings is 1. The zero-order valence-corrected chi connectivity index (χ0v) is 14.0. The van der Waals surface area contributed by atoms with Crippen LogP contribution in [-0.2, 0) is 16.1 Å². The minimum Gasteiger partial charge on any atom is -0.461 e. The van der Waals surface area contributed by atoms with E-state index in [9.17, 15) is 4.79 Å². The van der Waals surface area contributed by atoms with Crippen molar-refractivity contribution >= 4 is 33.2 Å². The Kier molecular flexibility index (Phi) is 4.45. The number of halogens is 1. The van der Waals surface area contributed by atoms with Crippen molar-refractivity contribution in [2.24, 2.45) is 0 Å². The predicted octanol–water partition coefficient (Wildman–Crippen LogP) is 2.33. The first-order valence-electron chi connectivity index (χ1n) is 7.03. The summed E-state index contributed by atoms with van der Waals surface area (Å²) in [6.45, 7) is 6.94. The summed E-state index contributed by atoms with van der Waals surface area (Å²) in [5.41, 5.74) is 0. The van der Waals surface area contributed by atoms with Crippen LogP contribution in [0.1, 0.15) is 18.2 Å². The second-order valence-corrected chi connectivity index (χ2v) is 8.06. The van der Waals surface area contributed by atoms with Gasteiger partial charge in [0, 0.05) is 44.0 Å². The molecule has 0 unspecified atom stereocenters. The molecule has 2 aliphatic rings. The van der Waals surface area contributed by atoms with E-state index < -0.39 is 0 Å². The number of carbonyl (C=O) groups is 1. The average molecular weight is 359 g/mol. The maximum absolute atomic E-state index is 11.8. The molecule has 0 radical (unpaired) electrons. The van der Waals surface area contributed by atoms with E-state index in [0.717, 1.165) is 39.1 Å². The summed E-state index contributed by atoms with van der Waals surface area (Å²) in [4.78, 5) is 17.9. The van der Waals surface area contributed by atoms with Gasteiger partial charge >= 0.3 is 5.97 Å². The first kappa shape index (κ1) is 14.5. The Labute approximate surface area is 131 Å². The lowest BCUT2D eigenvalue weighted by Gasteiger charge is -2.36. The van der Waals surface area contributed by atoms with Gasteiger partial charge in [0.05, 0.1) is 3.79 Å². The van der Waals surface area contributed by atoms with Crippen molar-refractivity contribution in [2.75, 3.05) is 26.2 Å². The SMILES string of the molecule is C[C@H]1C[C@@H](N2CCN(Cc3ccc(Br)s3)CC2)C(=O)O1. The highest BCUT2D eigenvalue weighted by Crippen LogP contribution is 2.25. The van der Waals surface area contributed by atoms with Crippen LogP contribution in [0.3, 0.4) is 0 Å². The molecule has 1 aromatic rings. The maximum Gasteiger partial charge on any atom is 0.323 e. The van der Waals surface area contributed by atoms with Crippen LogP contribution in [0, 0.1) is 0 Å². The normalized spacial score (nSPS) is 28.8. The fourth-order valence-electron chi connectivity index (χ4n) is 2.92. The van der Waals surface area contributed by atoms with Crippen molar-refractivity contribution in [2.45, 2.75) is 32.0 Å². The molecule has 0 amide bonds. The Morgan fingerprint density at radius 2 is 2.10 bits per heavy atom. The molecule has 6 heteroatoms. The van der Waals surface area contributed by atoms with Gasteiger partial charge in [-0.1, -0.05) is 0 Å². The summed E-state index contributed by atoms with van der Waals surface area (Å²) in [6, 6.07) is 4.27. The lowest BCUT2D eigenvalue weighted by atomic mass is 10.1. The summed E-state index contributed by atoms with van der Waals surface area (Å²) in [5.74, 6) is -0.0341. The largest absolute Gasteiger partial charge is 0.461 e. The highest BCUT2D eigenvalue weighted by molar-refractivity contribution is 9.11. The minimum absolute atomic E-state index is 0.0111. The number of carbonyl (C=O) groups excluding carboxylic acids is 1.